The largest absolute Gasteiger partial charge is 0.326 e. The minimum absolute atomic E-state index is 0.125. The van der Waals surface area contributed by atoms with E-state index in [2.05, 4.69) is 16.2 Å². The molecule has 0 radical (unpaired) electrons. The minimum atomic E-state index is -0.517. The van der Waals surface area contributed by atoms with Gasteiger partial charge in [-0.3, -0.25) is 20.4 Å². The van der Waals surface area contributed by atoms with Gasteiger partial charge in [-0.05, 0) is 29.8 Å². The zero-order valence-electron chi connectivity index (χ0n) is 11.6. The normalized spacial score (nSPS) is 16.4. The molecule has 2 aromatic rings. The molecule has 2 amide bonds. The number of anilines is 2. The van der Waals surface area contributed by atoms with Crippen molar-refractivity contribution in [1.29, 1.82) is 0 Å². The summed E-state index contributed by atoms with van der Waals surface area (Å²) in [4.78, 5) is 24.1. The zero-order chi connectivity index (χ0) is 15.5. The van der Waals surface area contributed by atoms with E-state index in [1.54, 1.807) is 30.3 Å². The lowest BCUT2D eigenvalue weighted by Crippen LogP contribution is -2.37. The first-order valence-corrected chi connectivity index (χ1v) is 7.21. The molecule has 1 atom stereocenters. The highest BCUT2D eigenvalue weighted by Crippen LogP contribution is 2.31. The molecule has 0 aliphatic carbocycles. The number of fused-ring (bicyclic) bond motifs is 1. The number of hydrogen-bond donors (Lipinski definition) is 3. The van der Waals surface area contributed by atoms with Gasteiger partial charge in [0, 0.05) is 17.1 Å². The van der Waals surface area contributed by atoms with E-state index in [1.165, 1.54) is 0 Å². The van der Waals surface area contributed by atoms with E-state index in [-0.39, 0.29) is 18.2 Å². The van der Waals surface area contributed by atoms with Crippen molar-refractivity contribution in [3.63, 3.8) is 0 Å². The molecule has 0 saturated carbocycles. The van der Waals surface area contributed by atoms with Crippen LogP contribution in [0.15, 0.2) is 48.5 Å². The molecule has 0 bridgehead atoms. The summed E-state index contributed by atoms with van der Waals surface area (Å²) in [5.41, 5.74) is 7.61. The Morgan fingerprint density at radius 3 is 2.82 bits per heavy atom. The molecular weight excluding hydrogens is 302 g/mol. The first-order chi connectivity index (χ1) is 10.6. The Labute approximate surface area is 132 Å². The van der Waals surface area contributed by atoms with E-state index in [1.807, 2.05) is 18.2 Å². The topological polar surface area (TPSA) is 70.2 Å². The fourth-order valence-electron chi connectivity index (χ4n) is 2.43. The molecule has 0 aromatic heterocycles. The molecule has 2 aromatic carbocycles. The fraction of sp³-hybridized carbons (Fsp3) is 0.125. The number of hydrogen-bond acceptors (Lipinski definition) is 3. The SMILES string of the molecule is O=C1CC(C(=O)NNc2cccc(Cl)c2)c2ccccc2N1. The Balaban J connectivity index is 1.74. The molecule has 1 unspecified atom stereocenters. The molecule has 1 heterocycles. The van der Waals surface area contributed by atoms with Crippen LogP contribution < -0.4 is 16.2 Å². The van der Waals surface area contributed by atoms with E-state index >= 15 is 0 Å². The first-order valence-electron chi connectivity index (χ1n) is 6.84. The summed E-state index contributed by atoms with van der Waals surface area (Å²) in [7, 11) is 0. The van der Waals surface area contributed by atoms with Gasteiger partial charge in [-0.25, -0.2) is 0 Å². The van der Waals surface area contributed by atoms with Crippen molar-refractivity contribution in [2.24, 2.45) is 0 Å². The van der Waals surface area contributed by atoms with Crippen molar-refractivity contribution < 1.29 is 9.59 Å². The van der Waals surface area contributed by atoms with Gasteiger partial charge in [0.1, 0.15) is 0 Å². The van der Waals surface area contributed by atoms with E-state index in [4.69, 9.17) is 11.6 Å². The number of rotatable bonds is 3. The van der Waals surface area contributed by atoms with Crippen molar-refractivity contribution in [3.05, 3.63) is 59.1 Å². The second kappa shape index (κ2) is 6.07. The molecule has 1 aliphatic rings. The van der Waals surface area contributed by atoms with Crippen molar-refractivity contribution in [2.45, 2.75) is 12.3 Å². The molecule has 0 saturated heterocycles. The van der Waals surface area contributed by atoms with Gasteiger partial charge < -0.3 is 5.32 Å². The van der Waals surface area contributed by atoms with Crippen LogP contribution >= 0.6 is 11.6 Å². The fourth-order valence-corrected chi connectivity index (χ4v) is 2.62. The second-order valence-electron chi connectivity index (χ2n) is 5.02. The molecule has 5 nitrogen and oxygen atoms in total. The third-order valence-electron chi connectivity index (χ3n) is 3.47. The Bertz CT molecular complexity index is 733. The van der Waals surface area contributed by atoms with Crippen molar-refractivity contribution in [3.8, 4) is 0 Å². The van der Waals surface area contributed by atoms with Crippen molar-refractivity contribution in [2.75, 3.05) is 10.7 Å². The molecule has 112 valence electrons. The van der Waals surface area contributed by atoms with Gasteiger partial charge >= 0.3 is 0 Å². The number of benzene rings is 2. The summed E-state index contributed by atoms with van der Waals surface area (Å²) >= 11 is 5.89. The predicted molar refractivity (Wildman–Crippen MR) is 85.6 cm³/mol. The van der Waals surface area contributed by atoms with Crippen LogP contribution in [-0.4, -0.2) is 11.8 Å². The monoisotopic (exact) mass is 315 g/mol. The van der Waals surface area contributed by atoms with Crippen LogP contribution in [0.5, 0.6) is 0 Å². The van der Waals surface area contributed by atoms with Crippen molar-refractivity contribution in [1.82, 2.24) is 5.43 Å². The van der Waals surface area contributed by atoms with E-state index in [9.17, 15) is 9.59 Å². The van der Waals surface area contributed by atoms with Crippen LogP contribution in [0.2, 0.25) is 5.02 Å². The maximum Gasteiger partial charge on any atom is 0.246 e. The Morgan fingerprint density at radius 2 is 2.00 bits per heavy atom. The minimum Gasteiger partial charge on any atom is -0.326 e. The number of carbonyl (C=O) groups is 2. The molecule has 0 fully saturated rings. The molecule has 0 spiro atoms. The standard InChI is InChI=1S/C16H14ClN3O2/c17-10-4-3-5-11(8-10)19-20-16(22)13-9-15(21)18-14-7-2-1-6-12(13)14/h1-8,13,19H,9H2,(H,18,21)(H,20,22). The number of halogens is 1. The second-order valence-corrected chi connectivity index (χ2v) is 5.45. The van der Waals surface area contributed by atoms with Crippen LogP contribution in [0.25, 0.3) is 0 Å². The highest BCUT2D eigenvalue weighted by atomic mass is 35.5. The first kappa shape index (κ1) is 14.4. The van der Waals surface area contributed by atoms with Crippen LogP contribution in [0.4, 0.5) is 11.4 Å². The van der Waals surface area contributed by atoms with Gasteiger partial charge in [0.2, 0.25) is 11.8 Å². The van der Waals surface area contributed by atoms with Gasteiger partial charge in [0.25, 0.3) is 0 Å². The quantitative estimate of drug-likeness (QED) is 0.763. The van der Waals surface area contributed by atoms with Crippen LogP contribution in [0.3, 0.4) is 0 Å². The molecular formula is C16H14ClN3O2. The highest BCUT2D eigenvalue weighted by Gasteiger charge is 2.30. The number of amides is 2. The van der Waals surface area contributed by atoms with E-state index in [0.29, 0.717) is 16.4 Å². The van der Waals surface area contributed by atoms with Crippen molar-refractivity contribution >= 4 is 34.8 Å². The highest BCUT2D eigenvalue weighted by molar-refractivity contribution is 6.30. The Kier molecular flexibility index (Phi) is 3.98. The van der Waals surface area contributed by atoms with E-state index in [0.717, 1.165) is 5.56 Å². The lowest BCUT2D eigenvalue weighted by atomic mass is 9.90. The lowest BCUT2D eigenvalue weighted by molar-refractivity contribution is -0.126. The van der Waals surface area contributed by atoms with Gasteiger partial charge in [-0.2, -0.15) is 0 Å². The van der Waals surface area contributed by atoms with Crippen LogP contribution in [-0.2, 0) is 9.59 Å². The van der Waals surface area contributed by atoms with Gasteiger partial charge in [0.05, 0.1) is 11.6 Å². The summed E-state index contributed by atoms with van der Waals surface area (Å²) in [5, 5.41) is 3.34. The molecule has 22 heavy (non-hydrogen) atoms. The summed E-state index contributed by atoms with van der Waals surface area (Å²) in [6.07, 6.45) is 0.125. The maximum absolute atomic E-state index is 12.4. The lowest BCUT2D eigenvalue weighted by Gasteiger charge is -2.24. The summed E-state index contributed by atoms with van der Waals surface area (Å²) in [5.74, 6) is -0.944. The maximum atomic E-state index is 12.4. The molecule has 3 N–H and O–H groups in total. The van der Waals surface area contributed by atoms with Gasteiger partial charge in [-0.15, -0.1) is 0 Å². The number of hydrazine groups is 1. The third kappa shape index (κ3) is 3.04. The zero-order valence-corrected chi connectivity index (χ0v) is 12.4. The molecule has 6 heteroatoms. The number of nitrogens with one attached hydrogen (secondary N) is 3. The molecule has 3 rings (SSSR count). The average molecular weight is 316 g/mol. The smallest absolute Gasteiger partial charge is 0.246 e. The van der Waals surface area contributed by atoms with Crippen LogP contribution in [0.1, 0.15) is 17.9 Å². The summed E-state index contributed by atoms with van der Waals surface area (Å²) in [6.45, 7) is 0. The van der Waals surface area contributed by atoms with E-state index < -0.39 is 5.92 Å². The van der Waals surface area contributed by atoms with Gasteiger partial charge in [-0.1, -0.05) is 35.9 Å². The summed E-state index contributed by atoms with van der Waals surface area (Å²) < 4.78 is 0. The Hall–Kier alpha value is -2.53. The van der Waals surface area contributed by atoms with Crippen LogP contribution in [0, 0.1) is 0 Å². The third-order valence-corrected chi connectivity index (χ3v) is 3.71. The van der Waals surface area contributed by atoms with Gasteiger partial charge in [0.15, 0.2) is 0 Å². The number of para-hydroxylation sites is 1. The molecule has 1 aliphatic heterocycles. The predicted octanol–water partition coefficient (Wildman–Crippen LogP) is 2.91. The average Bonchev–Trinajstić information content (AvgIpc) is 2.52. The Morgan fingerprint density at radius 1 is 1.18 bits per heavy atom. The summed E-state index contributed by atoms with van der Waals surface area (Å²) in [6, 6.07) is 14.3. The number of carbonyl (C=O) groups excluding carboxylic acids is 2.